The first-order valence-corrected chi connectivity index (χ1v) is 9.13. The van der Waals surface area contributed by atoms with E-state index in [1.807, 2.05) is 6.07 Å². The minimum atomic E-state index is -0.302. The summed E-state index contributed by atoms with van der Waals surface area (Å²) in [5, 5.41) is 3.78. The van der Waals surface area contributed by atoms with E-state index in [1.165, 1.54) is 6.33 Å². The summed E-state index contributed by atoms with van der Waals surface area (Å²) >= 11 is 0. The average molecular weight is 375 g/mol. The van der Waals surface area contributed by atoms with Crippen LogP contribution in [0, 0.1) is 30.0 Å². The summed E-state index contributed by atoms with van der Waals surface area (Å²) in [7, 11) is 2.08. The number of likely N-dealkylation sites (tertiary alicyclic amines) is 1. The molecule has 1 aromatic heterocycles. The van der Waals surface area contributed by atoms with Gasteiger partial charge >= 0.3 is 0 Å². The van der Waals surface area contributed by atoms with Crippen molar-refractivity contribution in [3.05, 3.63) is 53.6 Å². The van der Waals surface area contributed by atoms with Crippen LogP contribution < -0.4 is 11.1 Å². The molecule has 0 atom stereocenters. The number of anilines is 3. The fraction of sp³-hybridized carbons (Fsp3) is 0.273. The third-order valence-electron chi connectivity index (χ3n) is 4.99. The minimum absolute atomic E-state index is 0.00275. The van der Waals surface area contributed by atoms with Gasteiger partial charge in [0.2, 0.25) is 0 Å². The predicted molar refractivity (Wildman–Crippen MR) is 111 cm³/mol. The number of halogens is 1. The number of nitrogens with two attached hydrogens (primary N) is 1. The lowest BCUT2D eigenvalue weighted by atomic mass is 9.83. The van der Waals surface area contributed by atoms with Gasteiger partial charge in [-0.2, -0.15) is 0 Å². The SMILES string of the molecule is Cc1cccc(Nc2ncnc3cc(C#CC4(C)CN(C)C4)c(N)cc23)c1F. The zero-order valence-electron chi connectivity index (χ0n) is 16.2. The Morgan fingerprint density at radius 1 is 1.25 bits per heavy atom. The van der Waals surface area contributed by atoms with E-state index in [1.54, 1.807) is 31.2 Å². The van der Waals surface area contributed by atoms with Crippen LogP contribution in [0.4, 0.5) is 21.6 Å². The summed E-state index contributed by atoms with van der Waals surface area (Å²) < 4.78 is 14.4. The van der Waals surface area contributed by atoms with E-state index in [0.29, 0.717) is 28.3 Å². The number of nitrogens with zero attached hydrogens (tertiary/aromatic N) is 3. The monoisotopic (exact) mass is 375 g/mol. The van der Waals surface area contributed by atoms with E-state index >= 15 is 0 Å². The maximum Gasteiger partial charge on any atom is 0.149 e. The number of fused-ring (bicyclic) bond motifs is 1. The number of aromatic nitrogens is 2. The maximum absolute atomic E-state index is 14.4. The third kappa shape index (κ3) is 3.37. The number of nitrogen functional groups attached to an aromatic ring is 1. The van der Waals surface area contributed by atoms with Crippen molar-refractivity contribution in [2.75, 3.05) is 31.2 Å². The molecule has 142 valence electrons. The second kappa shape index (κ2) is 6.77. The number of benzene rings is 2. The molecule has 4 rings (SSSR count). The molecule has 1 saturated heterocycles. The molecule has 0 amide bonds. The number of hydrogen-bond acceptors (Lipinski definition) is 5. The van der Waals surface area contributed by atoms with E-state index in [4.69, 9.17) is 5.73 Å². The molecule has 0 radical (unpaired) electrons. The Labute approximate surface area is 163 Å². The summed E-state index contributed by atoms with van der Waals surface area (Å²) in [5.41, 5.74) is 9.18. The van der Waals surface area contributed by atoms with Crippen LogP contribution in [0.5, 0.6) is 0 Å². The van der Waals surface area contributed by atoms with E-state index in [0.717, 1.165) is 24.0 Å². The number of hydrogen-bond donors (Lipinski definition) is 2. The van der Waals surface area contributed by atoms with E-state index in [2.05, 4.69) is 46.0 Å². The fourth-order valence-corrected chi connectivity index (χ4v) is 3.64. The van der Waals surface area contributed by atoms with Crippen molar-refractivity contribution in [1.82, 2.24) is 14.9 Å². The van der Waals surface area contributed by atoms with Crippen LogP contribution in [0.2, 0.25) is 0 Å². The lowest BCUT2D eigenvalue weighted by Crippen LogP contribution is -2.51. The van der Waals surface area contributed by atoms with Crippen LogP contribution in [0.25, 0.3) is 10.9 Å². The van der Waals surface area contributed by atoms with Crippen LogP contribution in [-0.4, -0.2) is 35.0 Å². The molecule has 1 aliphatic heterocycles. The Morgan fingerprint density at radius 2 is 2.04 bits per heavy atom. The Kier molecular flexibility index (Phi) is 4.40. The third-order valence-corrected chi connectivity index (χ3v) is 4.99. The van der Waals surface area contributed by atoms with Crippen molar-refractivity contribution in [2.24, 2.45) is 5.41 Å². The minimum Gasteiger partial charge on any atom is -0.398 e. The lowest BCUT2D eigenvalue weighted by molar-refractivity contribution is 0.0916. The van der Waals surface area contributed by atoms with E-state index in [-0.39, 0.29) is 11.2 Å². The number of nitrogens with one attached hydrogen (secondary N) is 1. The van der Waals surface area contributed by atoms with E-state index in [9.17, 15) is 4.39 Å². The second-order valence-electron chi connectivity index (χ2n) is 7.72. The zero-order valence-corrected chi connectivity index (χ0v) is 16.2. The molecule has 3 N–H and O–H groups in total. The Balaban J connectivity index is 1.70. The summed E-state index contributed by atoms with van der Waals surface area (Å²) in [6.07, 6.45) is 1.45. The molecule has 0 saturated carbocycles. The van der Waals surface area contributed by atoms with Gasteiger partial charge in [-0.25, -0.2) is 14.4 Å². The van der Waals surface area contributed by atoms with Crippen LogP contribution in [-0.2, 0) is 0 Å². The Bertz CT molecular complexity index is 1120. The summed E-state index contributed by atoms with van der Waals surface area (Å²) in [6.45, 7) is 5.78. The summed E-state index contributed by atoms with van der Waals surface area (Å²) in [4.78, 5) is 10.8. The van der Waals surface area contributed by atoms with Gasteiger partial charge in [0.05, 0.1) is 16.6 Å². The lowest BCUT2D eigenvalue weighted by Gasteiger charge is -2.42. The van der Waals surface area contributed by atoms with Crippen molar-refractivity contribution >= 4 is 28.1 Å². The standard InChI is InChI=1S/C22H22FN5/c1-14-5-4-6-18(20(14)23)27-21-16-10-17(24)15(9-19(16)25-13-26-21)7-8-22(2)11-28(3)12-22/h4-6,9-10,13H,11-12,24H2,1-3H3,(H,25,26,27). The first-order chi connectivity index (χ1) is 13.3. The normalized spacial score (nSPS) is 15.6. The molecule has 1 fully saturated rings. The Morgan fingerprint density at radius 3 is 2.79 bits per heavy atom. The smallest absolute Gasteiger partial charge is 0.149 e. The molecule has 28 heavy (non-hydrogen) atoms. The van der Waals surface area contributed by atoms with Gasteiger partial charge in [0.25, 0.3) is 0 Å². The molecular formula is C22H22FN5. The quantitative estimate of drug-likeness (QED) is 0.528. The van der Waals surface area contributed by atoms with Gasteiger partial charge in [-0.05, 0) is 44.7 Å². The second-order valence-corrected chi connectivity index (χ2v) is 7.72. The molecule has 0 unspecified atom stereocenters. The molecule has 1 aliphatic rings. The molecule has 0 bridgehead atoms. The zero-order chi connectivity index (χ0) is 19.9. The van der Waals surface area contributed by atoms with Gasteiger partial charge in [0.15, 0.2) is 0 Å². The molecular weight excluding hydrogens is 353 g/mol. The maximum atomic E-state index is 14.4. The van der Waals surface area contributed by atoms with Gasteiger partial charge in [0.1, 0.15) is 18.0 Å². The highest BCUT2D eigenvalue weighted by atomic mass is 19.1. The highest BCUT2D eigenvalue weighted by Gasteiger charge is 2.34. The predicted octanol–water partition coefficient (Wildman–Crippen LogP) is 3.71. The summed E-state index contributed by atoms with van der Waals surface area (Å²) in [5.74, 6) is 6.75. The molecule has 2 heterocycles. The highest BCUT2D eigenvalue weighted by molar-refractivity contribution is 5.94. The Hall–Kier alpha value is -3.17. The van der Waals surface area contributed by atoms with Crippen LogP contribution in [0.3, 0.4) is 0 Å². The van der Waals surface area contributed by atoms with Gasteiger partial charge in [-0.15, -0.1) is 0 Å². The van der Waals surface area contributed by atoms with Crippen LogP contribution in [0.1, 0.15) is 18.1 Å². The number of rotatable bonds is 2. The van der Waals surface area contributed by atoms with E-state index < -0.39 is 0 Å². The molecule has 6 heteroatoms. The number of aryl methyl sites for hydroxylation is 1. The first kappa shape index (κ1) is 18.2. The van der Waals surface area contributed by atoms with Crippen molar-refractivity contribution in [3.63, 3.8) is 0 Å². The largest absolute Gasteiger partial charge is 0.398 e. The van der Waals surface area contributed by atoms with Gasteiger partial charge in [0, 0.05) is 29.7 Å². The van der Waals surface area contributed by atoms with Crippen molar-refractivity contribution in [3.8, 4) is 11.8 Å². The molecule has 5 nitrogen and oxygen atoms in total. The van der Waals surface area contributed by atoms with Crippen molar-refractivity contribution in [1.29, 1.82) is 0 Å². The van der Waals surface area contributed by atoms with Crippen molar-refractivity contribution in [2.45, 2.75) is 13.8 Å². The molecule has 2 aromatic carbocycles. The van der Waals surface area contributed by atoms with Crippen LogP contribution in [0.15, 0.2) is 36.7 Å². The topological polar surface area (TPSA) is 67.1 Å². The van der Waals surface area contributed by atoms with Gasteiger partial charge in [-0.3, -0.25) is 0 Å². The molecule has 3 aromatic rings. The first-order valence-electron chi connectivity index (χ1n) is 9.13. The van der Waals surface area contributed by atoms with Crippen LogP contribution >= 0.6 is 0 Å². The van der Waals surface area contributed by atoms with Gasteiger partial charge in [-0.1, -0.05) is 24.0 Å². The molecule has 0 spiro atoms. The molecule has 0 aliphatic carbocycles. The van der Waals surface area contributed by atoms with Gasteiger partial charge < -0.3 is 16.0 Å². The average Bonchev–Trinajstić information content (AvgIpc) is 2.63. The summed E-state index contributed by atoms with van der Waals surface area (Å²) in [6, 6.07) is 8.86. The fourth-order valence-electron chi connectivity index (χ4n) is 3.64. The van der Waals surface area contributed by atoms with Crippen molar-refractivity contribution < 1.29 is 4.39 Å². The highest BCUT2D eigenvalue weighted by Crippen LogP contribution is 2.30.